The number of hydrazone groups is 1. The van der Waals surface area contributed by atoms with E-state index in [1.165, 1.54) is 24.1 Å². The van der Waals surface area contributed by atoms with Crippen molar-refractivity contribution in [3.05, 3.63) is 131 Å². The lowest BCUT2D eigenvalue weighted by Crippen LogP contribution is -2.39. The molecule has 1 aliphatic carbocycles. The van der Waals surface area contributed by atoms with Gasteiger partial charge in [0.1, 0.15) is 11.5 Å². The summed E-state index contributed by atoms with van der Waals surface area (Å²) in [6.07, 6.45) is -1.41. The first kappa shape index (κ1) is 36.1. The van der Waals surface area contributed by atoms with Gasteiger partial charge in [0.05, 0.1) is 37.2 Å². The van der Waals surface area contributed by atoms with Gasteiger partial charge in [-0.05, 0) is 91.4 Å². The minimum Gasteiger partial charge on any atom is -0.497 e. The SMILES string of the molecule is COc1ccc(/C=C2/CCCC3C2=NN(C(=O)C(C)OC(=O)c2nc(-c4ccccc4)n(-c4cccc(C(F)(F)F)c4)n2)C3c2ccc(OC)cc2)cc1. The highest BCUT2D eigenvalue weighted by molar-refractivity contribution is 6.08. The molecule has 1 amide bonds. The Morgan fingerprint density at radius 2 is 1.57 bits per heavy atom. The average molecular weight is 736 g/mol. The van der Waals surface area contributed by atoms with Crippen LogP contribution in [-0.2, 0) is 15.7 Å². The van der Waals surface area contributed by atoms with Crippen molar-refractivity contribution < 1.29 is 37.0 Å². The lowest BCUT2D eigenvalue weighted by molar-refractivity contribution is -0.142. The number of halogens is 3. The molecular weight excluding hydrogens is 699 g/mol. The molecule has 13 heteroatoms. The number of hydrogen-bond acceptors (Lipinski definition) is 8. The quantitative estimate of drug-likeness (QED) is 0.140. The number of methoxy groups -OCH3 is 2. The van der Waals surface area contributed by atoms with E-state index in [9.17, 15) is 22.8 Å². The average Bonchev–Trinajstić information content (AvgIpc) is 3.82. The van der Waals surface area contributed by atoms with Crippen LogP contribution in [0.3, 0.4) is 0 Å². The largest absolute Gasteiger partial charge is 0.497 e. The van der Waals surface area contributed by atoms with E-state index in [4.69, 9.17) is 19.3 Å². The zero-order valence-electron chi connectivity index (χ0n) is 29.7. The molecule has 0 N–H and O–H groups in total. The molecule has 0 spiro atoms. The van der Waals surface area contributed by atoms with E-state index in [0.717, 1.165) is 64.2 Å². The Morgan fingerprint density at radius 1 is 0.889 bits per heavy atom. The van der Waals surface area contributed by atoms with Crippen LogP contribution in [-0.4, -0.2) is 57.7 Å². The first-order chi connectivity index (χ1) is 26.0. The van der Waals surface area contributed by atoms with Gasteiger partial charge >= 0.3 is 12.1 Å². The number of carbonyl (C=O) groups excluding carboxylic acids is 2. The lowest BCUT2D eigenvalue weighted by Gasteiger charge is -2.30. The van der Waals surface area contributed by atoms with Crippen molar-refractivity contribution in [2.24, 2.45) is 11.0 Å². The minimum atomic E-state index is -4.60. The van der Waals surface area contributed by atoms with Gasteiger partial charge in [-0.1, -0.05) is 60.7 Å². The van der Waals surface area contributed by atoms with Crippen LogP contribution in [0.4, 0.5) is 13.2 Å². The van der Waals surface area contributed by atoms with Crippen LogP contribution >= 0.6 is 0 Å². The summed E-state index contributed by atoms with van der Waals surface area (Å²) in [6, 6.07) is 27.8. The fourth-order valence-corrected chi connectivity index (χ4v) is 6.83. The maximum atomic E-state index is 14.3. The van der Waals surface area contributed by atoms with E-state index in [1.54, 1.807) is 44.6 Å². The normalized spacial score (nSPS) is 18.1. The highest BCUT2D eigenvalue weighted by Crippen LogP contribution is 2.45. The third-order valence-electron chi connectivity index (χ3n) is 9.51. The molecule has 1 aromatic heterocycles. The Bertz CT molecular complexity index is 2220. The number of alkyl halides is 3. The van der Waals surface area contributed by atoms with Crippen LogP contribution in [0.1, 0.15) is 59.5 Å². The van der Waals surface area contributed by atoms with Gasteiger partial charge < -0.3 is 14.2 Å². The van der Waals surface area contributed by atoms with Crippen molar-refractivity contribution in [1.29, 1.82) is 0 Å². The third-order valence-corrected chi connectivity index (χ3v) is 9.51. The monoisotopic (exact) mass is 735 g/mol. The molecule has 3 unspecified atom stereocenters. The molecule has 1 fully saturated rings. The number of ether oxygens (including phenoxy) is 3. The highest BCUT2D eigenvalue weighted by atomic mass is 19.4. The van der Waals surface area contributed by atoms with Gasteiger partial charge in [-0.15, -0.1) is 5.10 Å². The Labute approximate surface area is 309 Å². The predicted octanol–water partition coefficient (Wildman–Crippen LogP) is 8.34. The van der Waals surface area contributed by atoms with Crippen LogP contribution in [0, 0.1) is 5.92 Å². The molecular formula is C41H36F3N5O5. The molecule has 2 heterocycles. The van der Waals surface area contributed by atoms with Crippen LogP contribution in [0.2, 0.25) is 0 Å². The number of esters is 1. The summed E-state index contributed by atoms with van der Waals surface area (Å²) in [6.45, 7) is 1.45. The molecule has 276 valence electrons. The number of carbonyl (C=O) groups is 2. The molecule has 5 aromatic rings. The van der Waals surface area contributed by atoms with E-state index < -0.39 is 41.6 Å². The summed E-state index contributed by atoms with van der Waals surface area (Å²) in [5.74, 6) is -0.615. The zero-order chi connectivity index (χ0) is 38.0. The second-order valence-corrected chi connectivity index (χ2v) is 13.0. The molecule has 10 nitrogen and oxygen atoms in total. The third kappa shape index (κ3) is 7.34. The number of allylic oxidation sites excluding steroid dienone is 1. The van der Waals surface area contributed by atoms with E-state index in [2.05, 4.69) is 16.2 Å². The topological polar surface area (TPSA) is 108 Å². The van der Waals surface area contributed by atoms with Crippen molar-refractivity contribution in [3.63, 3.8) is 0 Å². The maximum Gasteiger partial charge on any atom is 0.416 e. The minimum absolute atomic E-state index is 0.0377. The van der Waals surface area contributed by atoms with Gasteiger partial charge in [-0.3, -0.25) is 4.79 Å². The summed E-state index contributed by atoms with van der Waals surface area (Å²) in [7, 11) is 3.19. The Morgan fingerprint density at radius 3 is 2.24 bits per heavy atom. The maximum absolute atomic E-state index is 14.3. The number of aromatic nitrogens is 3. The van der Waals surface area contributed by atoms with Crippen LogP contribution in [0.5, 0.6) is 11.5 Å². The van der Waals surface area contributed by atoms with Gasteiger partial charge in [-0.25, -0.2) is 19.5 Å². The van der Waals surface area contributed by atoms with Crippen LogP contribution in [0.25, 0.3) is 23.2 Å². The molecule has 0 saturated heterocycles. The number of benzene rings is 4. The van der Waals surface area contributed by atoms with Gasteiger partial charge in [0.25, 0.3) is 11.7 Å². The molecule has 7 rings (SSSR count). The van der Waals surface area contributed by atoms with Gasteiger partial charge in [-0.2, -0.15) is 18.3 Å². The van der Waals surface area contributed by atoms with Crippen molar-refractivity contribution >= 4 is 23.7 Å². The summed E-state index contributed by atoms with van der Waals surface area (Å²) in [4.78, 5) is 32.3. The highest BCUT2D eigenvalue weighted by Gasteiger charge is 2.45. The number of hydrogen-bond donors (Lipinski definition) is 0. The summed E-state index contributed by atoms with van der Waals surface area (Å²) < 4.78 is 58.4. The van der Waals surface area contributed by atoms with E-state index >= 15 is 0 Å². The summed E-state index contributed by atoms with van der Waals surface area (Å²) in [5, 5.41) is 10.6. The number of fused-ring (bicyclic) bond motifs is 1. The van der Waals surface area contributed by atoms with Crippen molar-refractivity contribution in [2.45, 2.75) is 44.5 Å². The molecule has 0 radical (unpaired) electrons. The number of amides is 1. The van der Waals surface area contributed by atoms with Gasteiger partial charge in [0, 0.05) is 11.5 Å². The van der Waals surface area contributed by atoms with E-state index in [-0.39, 0.29) is 17.4 Å². The Hall–Kier alpha value is -6.24. The Kier molecular flexibility index (Phi) is 10.0. The smallest absolute Gasteiger partial charge is 0.416 e. The van der Waals surface area contributed by atoms with Gasteiger partial charge in [0.2, 0.25) is 0 Å². The second kappa shape index (κ2) is 15.0. The zero-order valence-corrected chi connectivity index (χ0v) is 29.7. The van der Waals surface area contributed by atoms with Crippen molar-refractivity contribution in [3.8, 4) is 28.6 Å². The fraction of sp³-hybridized carbons (Fsp3) is 0.244. The fourth-order valence-electron chi connectivity index (χ4n) is 6.83. The first-order valence-corrected chi connectivity index (χ1v) is 17.4. The molecule has 0 bridgehead atoms. The molecule has 1 saturated carbocycles. The lowest BCUT2D eigenvalue weighted by atomic mass is 9.77. The first-order valence-electron chi connectivity index (χ1n) is 17.4. The second-order valence-electron chi connectivity index (χ2n) is 13.0. The molecule has 54 heavy (non-hydrogen) atoms. The molecule has 2 aliphatic rings. The summed E-state index contributed by atoms with van der Waals surface area (Å²) >= 11 is 0. The van der Waals surface area contributed by atoms with E-state index in [1.807, 2.05) is 48.5 Å². The molecule has 4 aromatic carbocycles. The standard InChI is InChI=1S/C41H36F3N5O5/c1-25(54-40(51)37-45-38(28-9-5-4-6-10-28)48(47-37)31-13-8-12-30(24-31)41(42,43)44)39(50)49-36(27-17-21-33(53-3)22-18-27)34-14-7-11-29(35(34)46-49)23-26-15-19-32(52-2)20-16-26/h4-6,8-10,12-13,15-25,34,36H,7,11,14H2,1-3H3/b29-23-. The predicted molar refractivity (Wildman–Crippen MR) is 195 cm³/mol. The van der Waals surface area contributed by atoms with Crippen molar-refractivity contribution in [1.82, 2.24) is 19.8 Å². The van der Waals surface area contributed by atoms with Gasteiger partial charge in [0.15, 0.2) is 11.9 Å². The van der Waals surface area contributed by atoms with E-state index in [0.29, 0.717) is 11.3 Å². The van der Waals surface area contributed by atoms with Crippen LogP contribution < -0.4 is 9.47 Å². The van der Waals surface area contributed by atoms with Crippen molar-refractivity contribution in [2.75, 3.05) is 14.2 Å². The molecule has 1 aliphatic heterocycles. The Balaban J connectivity index is 1.20. The molecule has 3 atom stereocenters. The number of nitrogens with zero attached hydrogens (tertiary/aromatic N) is 5. The number of rotatable bonds is 9. The summed E-state index contributed by atoms with van der Waals surface area (Å²) in [5.41, 5.74) is 3.25. The van der Waals surface area contributed by atoms with Crippen LogP contribution in [0.15, 0.2) is 114 Å².